The summed E-state index contributed by atoms with van der Waals surface area (Å²) in [6.07, 6.45) is 1.55. The Morgan fingerprint density at radius 1 is 1.07 bits per heavy atom. The van der Waals surface area contributed by atoms with Crippen molar-refractivity contribution in [3.63, 3.8) is 0 Å². The molecular weight excluding hydrogens is 597 g/mol. The average molecular weight is 629 g/mol. The lowest BCUT2D eigenvalue weighted by atomic mass is 9.95. The van der Waals surface area contributed by atoms with E-state index in [0.717, 1.165) is 22.6 Å². The smallest absolute Gasteiger partial charge is 0.338 e. The summed E-state index contributed by atoms with van der Waals surface area (Å²) in [4.78, 5) is 37.2. The third kappa shape index (κ3) is 7.12. The number of carbonyl (C=O) groups is 3. The first-order valence-corrected chi connectivity index (χ1v) is 14.0. The van der Waals surface area contributed by atoms with Crippen LogP contribution in [0.3, 0.4) is 0 Å². The number of hydrogen-bond acceptors (Lipinski definition) is 7. The van der Waals surface area contributed by atoms with Gasteiger partial charge in [0.1, 0.15) is 0 Å². The highest BCUT2D eigenvalue weighted by Crippen LogP contribution is 2.34. The normalized spacial score (nSPS) is 14.8. The fourth-order valence-corrected chi connectivity index (χ4v) is 4.99. The summed E-state index contributed by atoms with van der Waals surface area (Å²) >= 11 is 12.2. The van der Waals surface area contributed by atoms with Crippen molar-refractivity contribution in [2.24, 2.45) is 5.10 Å². The van der Waals surface area contributed by atoms with E-state index >= 15 is 0 Å². The number of urea groups is 1. The lowest BCUT2D eigenvalue weighted by molar-refractivity contribution is -0.139. The number of carbonyl (C=O) groups excluding carboxylic acids is 3. The van der Waals surface area contributed by atoms with Gasteiger partial charge in [-0.15, -0.1) is 0 Å². The molecule has 43 heavy (non-hydrogen) atoms. The van der Waals surface area contributed by atoms with E-state index < -0.39 is 23.9 Å². The lowest BCUT2D eigenvalue weighted by Gasteiger charge is -2.28. The molecule has 1 aliphatic heterocycles. The molecule has 11 nitrogen and oxygen atoms in total. The van der Waals surface area contributed by atoms with Crippen LogP contribution in [0, 0.1) is 13.8 Å². The number of hydrazone groups is 1. The Kier molecular flexibility index (Phi) is 9.99. The number of methoxy groups -OCH3 is 1. The molecule has 0 radical (unpaired) electrons. The van der Waals surface area contributed by atoms with Crippen LogP contribution in [0.5, 0.6) is 11.5 Å². The van der Waals surface area contributed by atoms with Crippen LogP contribution in [0.25, 0.3) is 5.69 Å². The minimum absolute atomic E-state index is 0.184. The maximum Gasteiger partial charge on any atom is 0.338 e. The minimum Gasteiger partial charge on any atom is -0.493 e. The van der Waals surface area contributed by atoms with Gasteiger partial charge in [0.25, 0.3) is 5.91 Å². The van der Waals surface area contributed by atoms with Gasteiger partial charge in [0.05, 0.1) is 41.6 Å². The van der Waals surface area contributed by atoms with Gasteiger partial charge in [-0.05, 0) is 69.7 Å². The quantitative estimate of drug-likeness (QED) is 0.162. The maximum absolute atomic E-state index is 12.6. The SMILES string of the molecule is CCOC(=O)C1=C(C)NC(=O)N[C@H]1c1ccc(OCC(=O)NN=Cc2cc(C)n(-c3ccc(Cl)c(Cl)c3)c2C)c(OC)c1. The van der Waals surface area contributed by atoms with Crippen molar-refractivity contribution in [1.82, 2.24) is 20.6 Å². The molecule has 0 unspecified atom stereocenters. The van der Waals surface area contributed by atoms with Crippen molar-refractivity contribution in [3.05, 3.63) is 86.3 Å². The van der Waals surface area contributed by atoms with Crippen molar-refractivity contribution in [3.8, 4) is 17.2 Å². The molecule has 226 valence electrons. The first-order valence-electron chi connectivity index (χ1n) is 13.3. The van der Waals surface area contributed by atoms with Crippen LogP contribution in [0.15, 0.2) is 58.8 Å². The second-order valence-corrected chi connectivity index (χ2v) is 10.4. The Bertz CT molecular complexity index is 1630. The number of esters is 1. The summed E-state index contributed by atoms with van der Waals surface area (Å²) < 4.78 is 18.3. The van der Waals surface area contributed by atoms with Crippen LogP contribution in [0.4, 0.5) is 4.79 Å². The molecule has 0 fully saturated rings. The van der Waals surface area contributed by atoms with Gasteiger partial charge >= 0.3 is 12.0 Å². The van der Waals surface area contributed by atoms with Crippen LogP contribution >= 0.6 is 23.2 Å². The standard InChI is InChI=1S/C30H31Cl2N5O6/c1-6-42-29(39)27-17(3)34-30(40)35-28(27)19-7-10-24(25(12-19)41-5)43-15-26(38)36-33-14-20-11-16(2)37(18(20)4)21-8-9-22(31)23(32)13-21/h7-14,28H,6,15H2,1-5H3,(H,36,38)(H2,34,35,40)/t28-/m0/s1. The molecule has 1 aromatic heterocycles. The molecule has 13 heteroatoms. The first-order chi connectivity index (χ1) is 20.5. The van der Waals surface area contributed by atoms with Gasteiger partial charge in [0.15, 0.2) is 18.1 Å². The van der Waals surface area contributed by atoms with Gasteiger partial charge in [0.2, 0.25) is 0 Å². The van der Waals surface area contributed by atoms with E-state index in [9.17, 15) is 14.4 Å². The first kappa shape index (κ1) is 31.5. The minimum atomic E-state index is -0.771. The topological polar surface area (TPSA) is 132 Å². The number of amides is 3. The number of nitrogens with one attached hydrogen (secondary N) is 3. The molecule has 2 aromatic carbocycles. The second kappa shape index (κ2) is 13.7. The molecule has 4 rings (SSSR count). The number of hydrogen-bond donors (Lipinski definition) is 3. The predicted molar refractivity (Wildman–Crippen MR) is 163 cm³/mol. The molecule has 0 spiro atoms. The van der Waals surface area contributed by atoms with Gasteiger partial charge in [-0.1, -0.05) is 29.3 Å². The second-order valence-electron chi connectivity index (χ2n) is 9.54. The largest absolute Gasteiger partial charge is 0.493 e. The van der Waals surface area contributed by atoms with Crippen LogP contribution < -0.4 is 25.5 Å². The van der Waals surface area contributed by atoms with Crippen molar-refractivity contribution in [2.75, 3.05) is 20.3 Å². The fourth-order valence-electron chi connectivity index (χ4n) is 4.70. The maximum atomic E-state index is 12.6. The van der Waals surface area contributed by atoms with Crippen LogP contribution in [-0.4, -0.2) is 49.0 Å². The zero-order chi connectivity index (χ0) is 31.3. The van der Waals surface area contributed by atoms with Gasteiger partial charge in [0, 0.05) is 28.3 Å². The molecular formula is C30H31Cl2N5O6. The third-order valence-electron chi connectivity index (χ3n) is 6.67. The van der Waals surface area contributed by atoms with Crippen molar-refractivity contribution >= 4 is 47.3 Å². The van der Waals surface area contributed by atoms with Crippen LogP contribution in [-0.2, 0) is 14.3 Å². The molecule has 1 atom stereocenters. The summed E-state index contributed by atoms with van der Waals surface area (Å²) in [7, 11) is 1.44. The summed E-state index contributed by atoms with van der Waals surface area (Å²) in [5.74, 6) is -0.453. The molecule has 0 aliphatic carbocycles. The van der Waals surface area contributed by atoms with E-state index in [1.54, 1.807) is 50.4 Å². The number of nitrogens with zero attached hydrogens (tertiary/aromatic N) is 2. The summed E-state index contributed by atoms with van der Waals surface area (Å²) in [5.41, 5.74) is 7.19. The van der Waals surface area contributed by atoms with Crippen LogP contribution in [0.2, 0.25) is 10.0 Å². The molecule has 3 amide bonds. The summed E-state index contributed by atoms with van der Waals surface area (Å²) in [6.45, 7) is 7.05. The van der Waals surface area contributed by atoms with E-state index in [1.165, 1.54) is 7.11 Å². The monoisotopic (exact) mass is 627 g/mol. The predicted octanol–water partition coefficient (Wildman–Crippen LogP) is 5.13. The van der Waals surface area contributed by atoms with E-state index in [2.05, 4.69) is 21.2 Å². The third-order valence-corrected chi connectivity index (χ3v) is 7.41. The van der Waals surface area contributed by atoms with Gasteiger partial charge in [-0.2, -0.15) is 5.10 Å². The number of ether oxygens (including phenoxy) is 3. The Hall–Kier alpha value is -4.48. The fraction of sp³-hybridized carbons (Fsp3) is 0.267. The van der Waals surface area contributed by atoms with Gasteiger partial charge < -0.3 is 29.4 Å². The number of benzene rings is 2. The van der Waals surface area contributed by atoms with E-state index in [-0.39, 0.29) is 24.5 Å². The highest BCUT2D eigenvalue weighted by atomic mass is 35.5. The van der Waals surface area contributed by atoms with E-state index in [1.807, 2.05) is 30.5 Å². The molecule has 0 saturated heterocycles. The molecule has 2 heterocycles. The van der Waals surface area contributed by atoms with Crippen molar-refractivity contribution in [2.45, 2.75) is 33.7 Å². The number of aromatic nitrogens is 1. The van der Waals surface area contributed by atoms with Crippen LogP contribution in [0.1, 0.15) is 42.4 Å². The molecule has 0 bridgehead atoms. The summed E-state index contributed by atoms with van der Waals surface area (Å²) in [5, 5.41) is 10.3. The number of aryl methyl sites for hydroxylation is 1. The Balaban J connectivity index is 1.42. The Morgan fingerprint density at radius 2 is 1.84 bits per heavy atom. The van der Waals surface area contributed by atoms with Gasteiger partial charge in [-0.3, -0.25) is 4.79 Å². The molecule has 3 N–H and O–H groups in total. The van der Waals surface area contributed by atoms with Gasteiger partial charge in [-0.25, -0.2) is 15.0 Å². The van der Waals surface area contributed by atoms with Crippen molar-refractivity contribution in [1.29, 1.82) is 0 Å². The summed E-state index contributed by atoms with van der Waals surface area (Å²) in [6, 6.07) is 11.0. The highest BCUT2D eigenvalue weighted by Gasteiger charge is 2.32. The zero-order valence-electron chi connectivity index (χ0n) is 24.2. The molecule has 1 aliphatic rings. The Labute approximate surface area is 258 Å². The molecule has 0 saturated carbocycles. The number of allylic oxidation sites excluding steroid dienone is 1. The zero-order valence-corrected chi connectivity index (χ0v) is 25.7. The number of rotatable bonds is 10. The lowest BCUT2D eigenvalue weighted by Crippen LogP contribution is -2.45. The van der Waals surface area contributed by atoms with E-state index in [4.69, 9.17) is 37.4 Å². The molecule has 3 aromatic rings. The van der Waals surface area contributed by atoms with Crippen molar-refractivity contribution < 1.29 is 28.6 Å². The average Bonchev–Trinajstić information content (AvgIpc) is 3.25. The highest BCUT2D eigenvalue weighted by molar-refractivity contribution is 6.42. The number of halogens is 2. The Morgan fingerprint density at radius 3 is 2.53 bits per heavy atom. The van der Waals surface area contributed by atoms with E-state index in [0.29, 0.717) is 27.1 Å².